The number of hydrogen-bond acceptors (Lipinski definition) is 11. The van der Waals surface area contributed by atoms with Crippen molar-refractivity contribution in [3.05, 3.63) is 347 Å². The monoisotopic (exact) mass is 2360 g/mol. The van der Waals surface area contributed by atoms with Gasteiger partial charge in [-0.15, -0.1) is 124 Å². The van der Waals surface area contributed by atoms with Crippen LogP contribution in [0.3, 0.4) is 0 Å². The summed E-state index contributed by atoms with van der Waals surface area (Å²) in [7, 11) is 0. The summed E-state index contributed by atoms with van der Waals surface area (Å²) < 4.78 is 80.6. The molecule has 0 fully saturated rings. The summed E-state index contributed by atoms with van der Waals surface area (Å²) in [5, 5.41) is 19.0. The summed E-state index contributed by atoms with van der Waals surface area (Å²) in [4.78, 5) is 63.6. The number of halogens is 6. The van der Waals surface area contributed by atoms with Crippen molar-refractivity contribution in [1.82, 2.24) is 44.9 Å². The van der Waals surface area contributed by atoms with Gasteiger partial charge in [0.25, 0.3) is 0 Å². The maximum Gasteiger partial charge on any atom is 0.356 e. The first-order chi connectivity index (χ1) is 49.7. The average molecular weight is 2350 g/mol. The van der Waals surface area contributed by atoms with E-state index < -0.39 is 63.9 Å². The summed E-state index contributed by atoms with van der Waals surface area (Å²) in [6.45, 7) is 37.2. The molecule has 565 valence electrons. The summed E-state index contributed by atoms with van der Waals surface area (Å²) in [6.07, 6.45) is 16.1. The van der Waals surface area contributed by atoms with Crippen LogP contribution in [0.1, 0.15) is 84.8 Å². The Morgan fingerprint density at radius 1 is 0.404 bits per heavy atom. The zero-order valence-corrected chi connectivity index (χ0v) is 70.7. The molecule has 2 N–H and O–H groups in total. The van der Waals surface area contributed by atoms with E-state index in [1.807, 2.05) is 62.6 Å². The molecule has 0 saturated carbocycles. The van der Waals surface area contributed by atoms with Crippen LogP contribution in [0.15, 0.2) is 214 Å². The second-order valence-electron chi connectivity index (χ2n) is 23.9. The molecule has 0 spiro atoms. The van der Waals surface area contributed by atoms with Crippen LogP contribution in [0, 0.1) is 98.8 Å². The van der Waals surface area contributed by atoms with Crippen LogP contribution in [-0.2, 0) is 111 Å². The summed E-state index contributed by atoms with van der Waals surface area (Å²) in [5.74, 6) is -7.59. The average Bonchev–Trinajstić information content (AvgIpc) is 0.814. The van der Waals surface area contributed by atoms with E-state index in [2.05, 4.69) is 180 Å². The number of benzene rings is 6. The third-order valence-electron chi connectivity index (χ3n) is 14.4. The Labute approximate surface area is 694 Å². The normalized spacial score (nSPS) is 9.86. The first-order valence-corrected chi connectivity index (χ1v) is 31.1. The SMILES string of the molecule is CC(C)(C)c1cc[c-]c(-c2ccccn2)c1.CC(C)(C)c1cc[c-]c(-c2nccc3ccccc23)c1.O=C(O)c1cnccn1.O=C(O)c1cnccn1.[C-]#[N+]c1c(F)c[c-]c(-c2cc(C)ccn2)c1F.[C-]#[N+]c1c(F)c[c-]c(-c2cc(C)ccn2)c1F.[C-]#[N+]c1c(F)c[c-]c(-c2ccccn2)c1F.[Ir].[Ir].[Ir].[Ir].[Ir]. The number of aromatic carboxylic acids is 2. The number of hydrogen-bond donors (Lipinski definition) is 2. The number of pyridine rings is 5. The number of fused-ring (bicyclic) bond motifs is 1. The number of carboxylic acids is 2. The minimum Gasteiger partial charge on any atom is -0.476 e. The molecule has 0 aliphatic rings. The third kappa shape index (κ3) is 27.7. The summed E-state index contributed by atoms with van der Waals surface area (Å²) in [5.41, 5.74) is 7.94. The molecule has 0 amide bonds. The van der Waals surface area contributed by atoms with Gasteiger partial charge in [0.2, 0.25) is 0 Å². The molecule has 7 heterocycles. The molecule has 0 atom stereocenters. The van der Waals surface area contributed by atoms with Gasteiger partial charge in [0.1, 0.15) is 0 Å². The molecule has 0 saturated heterocycles. The molecule has 0 unspecified atom stereocenters. The predicted octanol–water partition coefficient (Wildman–Crippen LogP) is 19.9. The quantitative estimate of drug-likeness (QED) is 0.113. The Hall–Kier alpha value is -10.3. The zero-order valence-electron chi connectivity index (χ0n) is 58.7. The molecule has 16 nitrogen and oxygen atoms in total. The van der Waals surface area contributed by atoms with Crippen LogP contribution in [0.2, 0.25) is 0 Å². The molecular formula is C82H61F6Ir5N12O4-5. The molecule has 7 aromatic heterocycles. The van der Waals surface area contributed by atoms with E-state index in [0.29, 0.717) is 17.1 Å². The Kier molecular flexibility index (Phi) is 40.2. The molecule has 27 heteroatoms. The largest absolute Gasteiger partial charge is 0.476 e. The van der Waals surface area contributed by atoms with Crippen molar-refractivity contribution in [3.63, 3.8) is 0 Å². The van der Waals surface area contributed by atoms with Gasteiger partial charge in [0.15, 0.2) is 28.5 Å². The molecule has 5 radical (unpaired) electrons. The van der Waals surface area contributed by atoms with Crippen LogP contribution >= 0.6 is 0 Å². The minimum atomic E-state index is -1.05. The Bertz CT molecular complexity index is 5090. The van der Waals surface area contributed by atoms with Gasteiger partial charge in [-0.05, 0) is 94.3 Å². The van der Waals surface area contributed by atoms with Crippen LogP contribution in [0.25, 0.3) is 81.6 Å². The fraction of sp³-hybridized carbons (Fsp3) is 0.122. The van der Waals surface area contributed by atoms with E-state index in [-0.39, 0.29) is 139 Å². The van der Waals surface area contributed by atoms with Crippen molar-refractivity contribution < 1.29 is 147 Å². The van der Waals surface area contributed by atoms with Gasteiger partial charge in [-0.2, -0.15) is 0 Å². The van der Waals surface area contributed by atoms with Crippen molar-refractivity contribution in [1.29, 1.82) is 0 Å². The van der Waals surface area contributed by atoms with Crippen LogP contribution < -0.4 is 0 Å². The Morgan fingerprint density at radius 3 is 1.15 bits per heavy atom. The van der Waals surface area contributed by atoms with Gasteiger partial charge in [-0.3, -0.25) is 50.8 Å². The van der Waals surface area contributed by atoms with E-state index in [4.69, 9.17) is 29.9 Å². The molecule has 13 rings (SSSR count). The van der Waals surface area contributed by atoms with Crippen molar-refractivity contribution in [2.45, 2.75) is 66.2 Å². The first kappa shape index (κ1) is 94.8. The van der Waals surface area contributed by atoms with E-state index >= 15 is 0 Å². The van der Waals surface area contributed by atoms with Gasteiger partial charge in [0, 0.05) is 191 Å². The molecule has 0 bridgehead atoms. The molecule has 6 aromatic carbocycles. The van der Waals surface area contributed by atoms with E-state index in [0.717, 1.165) is 51.8 Å². The summed E-state index contributed by atoms with van der Waals surface area (Å²) in [6, 6.07) is 57.5. The second-order valence-corrected chi connectivity index (χ2v) is 23.9. The van der Waals surface area contributed by atoms with Gasteiger partial charge < -0.3 is 35.1 Å². The van der Waals surface area contributed by atoms with E-state index in [1.165, 1.54) is 77.7 Å². The van der Waals surface area contributed by atoms with Crippen molar-refractivity contribution in [3.8, 4) is 56.3 Å². The topological polar surface area (TPSA) is 204 Å². The number of carbonyl (C=O) groups is 2. The van der Waals surface area contributed by atoms with Crippen LogP contribution in [0.5, 0.6) is 0 Å². The van der Waals surface area contributed by atoms with Gasteiger partial charge in [-0.25, -0.2) is 19.6 Å². The summed E-state index contributed by atoms with van der Waals surface area (Å²) >= 11 is 0. The molecule has 13 aromatic rings. The Morgan fingerprint density at radius 2 is 0.780 bits per heavy atom. The zero-order chi connectivity index (χ0) is 75.5. The molecule has 0 aliphatic heterocycles. The smallest absolute Gasteiger partial charge is 0.356 e. The fourth-order valence-corrected chi connectivity index (χ4v) is 9.02. The van der Waals surface area contributed by atoms with E-state index in [9.17, 15) is 35.9 Å². The van der Waals surface area contributed by atoms with Gasteiger partial charge in [-0.1, -0.05) is 113 Å². The maximum absolute atomic E-state index is 13.8. The van der Waals surface area contributed by atoms with Crippen molar-refractivity contribution in [2.24, 2.45) is 0 Å². The molecular weight excluding hydrogens is 2290 g/mol. The number of aryl methyl sites for hydroxylation is 2. The van der Waals surface area contributed by atoms with E-state index in [1.54, 1.807) is 42.5 Å². The number of nitrogens with zero attached hydrogens (tertiary/aromatic N) is 12. The second kappa shape index (κ2) is 46.2. The minimum absolute atomic E-state index is 0. The number of carboxylic acid groups (broad SMARTS) is 2. The number of aromatic nitrogens is 9. The van der Waals surface area contributed by atoms with Crippen molar-refractivity contribution >= 4 is 39.8 Å². The van der Waals surface area contributed by atoms with Crippen LogP contribution in [-0.4, -0.2) is 67.0 Å². The van der Waals surface area contributed by atoms with Gasteiger partial charge >= 0.3 is 11.9 Å². The predicted molar refractivity (Wildman–Crippen MR) is 383 cm³/mol. The molecule has 0 aliphatic carbocycles. The standard InChI is InChI=1S/C19H18N.C15H16N.2C13H7F2N2.C12H5F2N2.2C5H4N2O2.5Ir/c1-19(2,3)16-9-6-8-15(13-16)18-17-10-5-4-7-14(17)11-12-20-18;1-15(2,3)13-8-6-7-12(11-13)14-9-4-5-10-16-14;2*1-8-5-6-17-11(7-8)9-3-4-10(14)13(16-2)12(9)15;1-15-12-9(13)6-5-8(11(12)14)10-4-2-3-7-16-10;2*8-5(9)4-3-6-1-2-7-4;;;;;/h4-7,9-13H,1-3H3;4-6,8-11H,1-3H3;2*4-7H,1H3;2-4,6-7H;2*1-3H,(H,8,9);;;;;/q5*-1;;;;;;;. The number of rotatable bonds is 7. The Balaban J connectivity index is 0.000000434. The fourth-order valence-electron chi connectivity index (χ4n) is 9.02. The van der Waals surface area contributed by atoms with Crippen LogP contribution in [0.4, 0.5) is 43.4 Å². The van der Waals surface area contributed by atoms with Gasteiger partial charge in [0.05, 0.1) is 32.1 Å². The third-order valence-corrected chi connectivity index (χ3v) is 14.4. The first-order valence-electron chi connectivity index (χ1n) is 31.1. The maximum atomic E-state index is 13.8. The van der Waals surface area contributed by atoms with Crippen molar-refractivity contribution in [2.75, 3.05) is 0 Å². The molecule has 109 heavy (non-hydrogen) atoms.